The van der Waals surface area contributed by atoms with Crippen LogP contribution in [0.3, 0.4) is 0 Å². The summed E-state index contributed by atoms with van der Waals surface area (Å²) in [5, 5.41) is 2.27. The van der Waals surface area contributed by atoms with E-state index < -0.39 is 0 Å². The number of H-pyrrole nitrogens is 1. The van der Waals surface area contributed by atoms with E-state index in [1.165, 1.54) is 17.3 Å². The molecule has 1 atom stereocenters. The Kier molecular flexibility index (Phi) is 5.55. The zero-order valence-corrected chi connectivity index (χ0v) is 20.1. The number of aryl methyl sites for hydroxylation is 1. The minimum absolute atomic E-state index is 0.411. The molecule has 1 N–H and O–H groups in total. The summed E-state index contributed by atoms with van der Waals surface area (Å²) in [5.41, 5.74) is 4.73. The highest BCUT2D eigenvalue weighted by molar-refractivity contribution is 7.99. The molecule has 0 aromatic carbocycles. The van der Waals surface area contributed by atoms with Crippen LogP contribution >= 0.6 is 23.4 Å². The second-order valence-electron chi connectivity index (χ2n) is 8.36. The number of rotatable bonds is 5. The molecule has 1 aliphatic heterocycles. The Morgan fingerprint density at radius 2 is 2.03 bits per heavy atom. The molecule has 6 rings (SSSR count). The predicted octanol–water partition coefficient (Wildman–Crippen LogP) is 5.66. The van der Waals surface area contributed by atoms with Crippen molar-refractivity contribution in [1.29, 1.82) is 0 Å². The maximum Gasteiger partial charge on any atom is 0.196 e. The van der Waals surface area contributed by atoms with Gasteiger partial charge < -0.3 is 9.88 Å². The molecule has 5 aromatic rings. The van der Waals surface area contributed by atoms with Crippen LogP contribution in [0.15, 0.2) is 65.2 Å². The van der Waals surface area contributed by atoms with Crippen molar-refractivity contribution in [1.82, 2.24) is 29.9 Å². The molecule has 9 heteroatoms. The maximum absolute atomic E-state index is 6.80. The van der Waals surface area contributed by atoms with Gasteiger partial charge in [-0.3, -0.25) is 15.0 Å². The Morgan fingerprint density at radius 3 is 2.88 bits per heavy atom. The third-order valence-corrected chi connectivity index (χ3v) is 7.50. The van der Waals surface area contributed by atoms with Gasteiger partial charge in [0.15, 0.2) is 5.16 Å². The number of nitrogens with one attached hydrogen (secondary N) is 1. The molecule has 0 radical (unpaired) electrons. The smallest absolute Gasteiger partial charge is 0.196 e. The van der Waals surface area contributed by atoms with Crippen molar-refractivity contribution in [3.8, 4) is 0 Å². The number of aromatic amines is 1. The Labute approximate surface area is 206 Å². The van der Waals surface area contributed by atoms with Crippen LogP contribution in [0.4, 0.5) is 5.82 Å². The van der Waals surface area contributed by atoms with E-state index in [1.807, 2.05) is 42.9 Å². The third-order valence-electron chi connectivity index (χ3n) is 6.26. The SMILES string of the molecule is CCc1[nH]c2nc(Sc3cnc4cccnc4c3)nc(N3CCC(c4cccnc4)C3)c2c1Cl. The van der Waals surface area contributed by atoms with Crippen LogP contribution in [0, 0.1) is 0 Å². The van der Waals surface area contributed by atoms with E-state index in [4.69, 9.17) is 21.6 Å². The number of aromatic nitrogens is 6. The van der Waals surface area contributed by atoms with Crippen molar-refractivity contribution in [3.63, 3.8) is 0 Å². The van der Waals surface area contributed by atoms with Crippen LogP contribution in [0.1, 0.15) is 30.5 Å². The summed E-state index contributed by atoms with van der Waals surface area (Å²) in [6.45, 7) is 3.86. The van der Waals surface area contributed by atoms with Crippen molar-refractivity contribution >= 4 is 51.2 Å². The molecule has 1 aliphatic rings. The monoisotopic (exact) mass is 487 g/mol. The lowest BCUT2D eigenvalue weighted by Gasteiger charge is -2.19. The van der Waals surface area contributed by atoms with Crippen molar-refractivity contribution in [2.75, 3.05) is 18.0 Å². The third kappa shape index (κ3) is 3.86. The van der Waals surface area contributed by atoms with Crippen molar-refractivity contribution in [2.45, 2.75) is 35.7 Å². The number of nitrogens with zero attached hydrogens (tertiary/aromatic N) is 6. The van der Waals surface area contributed by atoms with Gasteiger partial charge in [0.25, 0.3) is 0 Å². The number of anilines is 1. The average molecular weight is 488 g/mol. The second-order valence-corrected chi connectivity index (χ2v) is 9.78. The molecule has 1 unspecified atom stereocenters. The number of hydrogen-bond acceptors (Lipinski definition) is 7. The summed E-state index contributed by atoms with van der Waals surface area (Å²) >= 11 is 8.28. The largest absolute Gasteiger partial charge is 0.355 e. The lowest BCUT2D eigenvalue weighted by molar-refractivity contribution is 0.768. The van der Waals surface area contributed by atoms with E-state index in [0.717, 1.165) is 64.4 Å². The van der Waals surface area contributed by atoms with Crippen LogP contribution in [-0.4, -0.2) is 43.0 Å². The standard InChI is InChI=1S/C25H22ClN7S/c1-2-18-22(26)21-23(30-18)31-25(34-17-11-20-19(29-13-17)6-4-9-28-20)32-24(21)33-10-7-16(14-33)15-5-3-8-27-12-15/h3-6,8-9,11-13,16H,2,7,10,14H2,1H3,(H,30,31,32). The predicted molar refractivity (Wildman–Crippen MR) is 136 cm³/mol. The van der Waals surface area contributed by atoms with Gasteiger partial charge in [-0.25, -0.2) is 9.97 Å². The van der Waals surface area contributed by atoms with E-state index in [0.29, 0.717) is 16.1 Å². The van der Waals surface area contributed by atoms with Gasteiger partial charge in [0.2, 0.25) is 0 Å². The highest BCUT2D eigenvalue weighted by atomic mass is 35.5. The normalized spacial score (nSPS) is 16.1. The van der Waals surface area contributed by atoms with Crippen LogP contribution in [0.2, 0.25) is 5.02 Å². The van der Waals surface area contributed by atoms with Crippen LogP contribution < -0.4 is 4.90 Å². The van der Waals surface area contributed by atoms with E-state index in [1.54, 1.807) is 6.20 Å². The van der Waals surface area contributed by atoms with Gasteiger partial charge in [0.05, 0.1) is 21.4 Å². The molecule has 0 saturated carbocycles. The minimum Gasteiger partial charge on any atom is -0.355 e. The summed E-state index contributed by atoms with van der Waals surface area (Å²) < 4.78 is 0. The van der Waals surface area contributed by atoms with Gasteiger partial charge in [0, 0.05) is 54.4 Å². The highest BCUT2D eigenvalue weighted by Gasteiger charge is 2.29. The molecule has 1 saturated heterocycles. The highest BCUT2D eigenvalue weighted by Crippen LogP contribution is 2.39. The fourth-order valence-corrected chi connectivity index (χ4v) is 5.64. The first-order valence-electron chi connectivity index (χ1n) is 11.3. The van der Waals surface area contributed by atoms with Crippen LogP contribution in [0.5, 0.6) is 0 Å². The summed E-state index contributed by atoms with van der Waals surface area (Å²) in [7, 11) is 0. The van der Waals surface area contributed by atoms with Gasteiger partial charge in [-0.05, 0) is 54.4 Å². The van der Waals surface area contributed by atoms with E-state index in [2.05, 4.69) is 37.8 Å². The molecule has 1 fully saturated rings. The molecular weight excluding hydrogens is 466 g/mol. The Morgan fingerprint density at radius 1 is 1.12 bits per heavy atom. The maximum atomic E-state index is 6.80. The second kappa shape index (κ2) is 8.85. The quantitative estimate of drug-likeness (QED) is 0.320. The molecular formula is C25H22ClN7S. The van der Waals surface area contributed by atoms with E-state index >= 15 is 0 Å². The van der Waals surface area contributed by atoms with Gasteiger partial charge in [0.1, 0.15) is 11.5 Å². The van der Waals surface area contributed by atoms with Crippen LogP contribution in [-0.2, 0) is 6.42 Å². The summed E-state index contributed by atoms with van der Waals surface area (Å²) in [4.78, 5) is 29.8. The Hall–Kier alpha value is -3.23. The van der Waals surface area contributed by atoms with Gasteiger partial charge in [-0.15, -0.1) is 0 Å². The minimum atomic E-state index is 0.411. The fourth-order valence-electron chi connectivity index (χ4n) is 4.53. The van der Waals surface area contributed by atoms with Gasteiger partial charge >= 0.3 is 0 Å². The molecule has 6 heterocycles. The number of hydrogen-bond donors (Lipinski definition) is 1. The zero-order valence-electron chi connectivity index (χ0n) is 18.6. The summed E-state index contributed by atoms with van der Waals surface area (Å²) in [6, 6.07) is 10.0. The molecule has 34 heavy (non-hydrogen) atoms. The zero-order chi connectivity index (χ0) is 23.1. The number of fused-ring (bicyclic) bond motifs is 2. The molecule has 170 valence electrons. The molecule has 0 bridgehead atoms. The average Bonchev–Trinajstić information content (AvgIpc) is 3.49. The number of halogens is 1. The molecule has 7 nitrogen and oxygen atoms in total. The molecule has 5 aromatic heterocycles. The van der Waals surface area contributed by atoms with E-state index in [9.17, 15) is 0 Å². The van der Waals surface area contributed by atoms with Crippen molar-refractivity contribution in [2.24, 2.45) is 0 Å². The van der Waals surface area contributed by atoms with E-state index in [-0.39, 0.29) is 0 Å². The van der Waals surface area contributed by atoms with Crippen molar-refractivity contribution < 1.29 is 0 Å². The fraction of sp³-hybridized carbons (Fsp3) is 0.240. The Bertz CT molecular complexity index is 1490. The van der Waals surface area contributed by atoms with Gasteiger partial charge in [-0.1, -0.05) is 24.6 Å². The Balaban J connectivity index is 1.39. The number of pyridine rings is 3. The van der Waals surface area contributed by atoms with Crippen LogP contribution in [0.25, 0.3) is 22.1 Å². The topological polar surface area (TPSA) is 83.5 Å². The lowest BCUT2D eigenvalue weighted by Crippen LogP contribution is -2.21. The van der Waals surface area contributed by atoms with Gasteiger partial charge in [-0.2, -0.15) is 0 Å². The lowest BCUT2D eigenvalue weighted by atomic mass is 10.0. The summed E-state index contributed by atoms with van der Waals surface area (Å²) in [6.07, 6.45) is 9.24. The molecule has 0 aliphatic carbocycles. The first kappa shape index (κ1) is 21.3. The van der Waals surface area contributed by atoms with Crippen molar-refractivity contribution in [3.05, 3.63) is 71.4 Å². The first-order valence-corrected chi connectivity index (χ1v) is 12.5. The summed E-state index contributed by atoms with van der Waals surface area (Å²) in [5.74, 6) is 1.29. The molecule has 0 amide bonds. The molecule has 0 spiro atoms. The first-order chi connectivity index (χ1) is 16.7.